The number of halogens is 4. The fraction of sp³-hybridized carbons (Fsp3) is 0.308. The van der Waals surface area contributed by atoms with Gasteiger partial charge in [0.2, 0.25) is 0 Å². The van der Waals surface area contributed by atoms with E-state index in [-0.39, 0.29) is 12.2 Å². The quantitative estimate of drug-likeness (QED) is 0.324. The largest absolute Gasteiger partial charge is 0.493 e. The van der Waals surface area contributed by atoms with Gasteiger partial charge in [-0.2, -0.15) is 0 Å². The molecule has 1 fully saturated rings. The molecule has 180 valence electrons. The average Bonchev–Trinajstić information content (AvgIpc) is 2.83. The normalized spacial score (nSPS) is 13.6. The zero-order valence-electron chi connectivity index (χ0n) is 18.8. The van der Waals surface area contributed by atoms with E-state index < -0.39 is 5.82 Å². The molecule has 3 aromatic rings. The Morgan fingerprint density at radius 3 is 2.41 bits per heavy atom. The van der Waals surface area contributed by atoms with Gasteiger partial charge in [-0.15, -0.1) is 0 Å². The molecule has 0 unspecified atom stereocenters. The molecule has 4 rings (SSSR count). The number of methoxy groups -OCH3 is 1. The number of nitrogens with zero attached hydrogens (tertiary/aromatic N) is 1. The number of hydrogen-bond donors (Lipinski definition) is 1. The Labute approximate surface area is 214 Å². The Kier molecular flexibility index (Phi) is 8.30. The van der Waals surface area contributed by atoms with Crippen molar-refractivity contribution in [3.63, 3.8) is 0 Å². The van der Waals surface area contributed by atoms with Crippen molar-refractivity contribution < 1.29 is 13.9 Å². The van der Waals surface area contributed by atoms with Crippen LogP contribution in [-0.2, 0) is 13.2 Å². The molecule has 34 heavy (non-hydrogen) atoms. The fourth-order valence-electron chi connectivity index (χ4n) is 4.01. The smallest absolute Gasteiger partial charge is 0.163 e. The van der Waals surface area contributed by atoms with Gasteiger partial charge in [-0.25, -0.2) is 4.39 Å². The van der Waals surface area contributed by atoms with Crippen LogP contribution in [0.2, 0.25) is 15.1 Å². The summed E-state index contributed by atoms with van der Waals surface area (Å²) in [5, 5.41) is 4.89. The number of rotatable bonds is 8. The minimum Gasteiger partial charge on any atom is -0.493 e. The molecular formula is C26H26Cl3FN2O2. The van der Waals surface area contributed by atoms with Crippen molar-refractivity contribution in [1.82, 2.24) is 0 Å². The maximum absolute atomic E-state index is 14.1. The van der Waals surface area contributed by atoms with E-state index in [4.69, 9.17) is 44.3 Å². The molecule has 0 amide bonds. The minimum absolute atomic E-state index is 0.0440. The minimum atomic E-state index is -0.427. The van der Waals surface area contributed by atoms with Gasteiger partial charge in [0.25, 0.3) is 0 Å². The topological polar surface area (TPSA) is 33.7 Å². The molecule has 1 heterocycles. The Morgan fingerprint density at radius 2 is 1.71 bits per heavy atom. The van der Waals surface area contributed by atoms with Crippen LogP contribution in [-0.4, -0.2) is 20.2 Å². The van der Waals surface area contributed by atoms with Crippen LogP contribution < -0.4 is 19.7 Å². The van der Waals surface area contributed by atoms with Gasteiger partial charge in [-0.3, -0.25) is 0 Å². The molecule has 3 aromatic carbocycles. The van der Waals surface area contributed by atoms with E-state index in [1.54, 1.807) is 31.4 Å². The summed E-state index contributed by atoms with van der Waals surface area (Å²) in [7, 11) is 1.54. The third-order valence-corrected chi connectivity index (χ3v) is 6.90. The number of piperidine rings is 1. The summed E-state index contributed by atoms with van der Waals surface area (Å²) in [5.74, 6) is 0.472. The highest BCUT2D eigenvalue weighted by Gasteiger charge is 2.16. The molecule has 1 aliphatic rings. The molecule has 0 spiro atoms. The highest BCUT2D eigenvalue weighted by atomic mass is 35.5. The highest BCUT2D eigenvalue weighted by molar-refractivity contribution is 6.33. The van der Waals surface area contributed by atoms with E-state index in [2.05, 4.69) is 16.3 Å². The van der Waals surface area contributed by atoms with Gasteiger partial charge >= 0.3 is 0 Å². The number of nitrogens with one attached hydrogen (secondary N) is 1. The van der Waals surface area contributed by atoms with Crippen LogP contribution in [0.25, 0.3) is 0 Å². The summed E-state index contributed by atoms with van der Waals surface area (Å²) >= 11 is 19.2. The van der Waals surface area contributed by atoms with Crippen LogP contribution in [0.3, 0.4) is 0 Å². The van der Waals surface area contributed by atoms with Crippen molar-refractivity contribution in [2.45, 2.75) is 32.4 Å². The van der Waals surface area contributed by atoms with Crippen LogP contribution in [0.5, 0.6) is 11.5 Å². The van der Waals surface area contributed by atoms with Crippen molar-refractivity contribution >= 4 is 46.2 Å². The zero-order valence-corrected chi connectivity index (χ0v) is 21.1. The Balaban J connectivity index is 1.44. The number of hydrogen-bond acceptors (Lipinski definition) is 4. The molecule has 0 radical (unpaired) electrons. The Morgan fingerprint density at radius 1 is 0.912 bits per heavy atom. The van der Waals surface area contributed by atoms with Crippen molar-refractivity contribution in [3.05, 3.63) is 80.5 Å². The molecule has 0 aromatic heterocycles. The molecule has 1 saturated heterocycles. The van der Waals surface area contributed by atoms with E-state index in [0.717, 1.165) is 35.1 Å². The summed E-state index contributed by atoms with van der Waals surface area (Å²) in [5.41, 5.74) is 3.07. The lowest BCUT2D eigenvalue weighted by Gasteiger charge is -2.29. The van der Waals surface area contributed by atoms with Gasteiger partial charge in [-0.05, 0) is 61.2 Å². The number of benzene rings is 3. The molecule has 1 aliphatic heterocycles. The second-order valence-electron chi connectivity index (χ2n) is 8.15. The van der Waals surface area contributed by atoms with Gasteiger partial charge in [0, 0.05) is 42.0 Å². The first-order valence-electron chi connectivity index (χ1n) is 11.2. The van der Waals surface area contributed by atoms with Crippen LogP contribution in [0.1, 0.15) is 30.4 Å². The van der Waals surface area contributed by atoms with E-state index in [0.29, 0.717) is 28.1 Å². The van der Waals surface area contributed by atoms with Crippen molar-refractivity contribution in [2.24, 2.45) is 0 Å². The van der Waals surface area contributed by atoms with Crippen molar-refractivity contribution in [2.75, 3.05) is 30.4 Å². The zero-order chi connectivity index (χ0) is 24.1. The van der Waals surface area contributed by atoms with E-state index >= 15 is 0 Å². The number of ether oxygens (including phenoxy) is 2. The maximum atomic E-state index is 14.1. The summed E-state index contributed by atoms with van der Waals surface area (Å²) in [6.07, 6.45) is 3.67. The fourth-order valence-corrected chi connectivity index (χ4v) is 4.75. The highest BCUT2D eigenvalue weighted by Crippen LogP contribution is 2.36. The second-order valence-corrected chi connectivity index (χ2v) is 9.37. The lowest BCUT2D eigenvalue weighted by molar-refractivity contribution is 0.279. The molecular weight excluding hydrogens is 498 g/mol. The molecule has 0 aliphatic carbocycles. The average molecular weight is 524 g/mol. The van der Waals surface area contributed by atoms with E-state index in [1.165, 1.54) is 25.3 Å². The Bertz CT molecular complexity index is 1130. The standard InChI is InChI=1S/C26H26Cl3FN2O2/c1-33-25-12-17(21(28)14-26(25)34-16-19-20(27)6-5-7-23(19)30)15-31-18-8-9-24(22(29)13-18)32-10-3-2-4-11-32/h5-9,12-14,31H,2-4,10-11,15-16H2,1H3. The molecule has 0 bridgehead atoms. The third-order valence-electron chi connectivity index (χ3n) is 5.89. The molecule has 8 heteroatoms. The monoisotopic (exact) mass is 522 g/mol. The second kappa shape index (κ2) is 11.4. The van der Waals surface area contributed by atoms with Gasteiger partial charge in [-0.1, -0.05) is 40.9 Å². The molecule has 0 saturated carbocycles. The van der Waals surface area contributed by atoms with Crippen LogP contribution in [0.15, 0.2) is 48.5 Å². The van der Waals surface area contributed by atoms with Gasteiger partial charge in [0.1, 0.15) is 12.4 Å². The van der Waals surface area contributed by atoms with Gasteiger partial charge in [0.15, 0.2) is 11.5 Å². The van der Waals surface area contributed by atoms with E-state index in [1.807, 2.05) is 12.1 Å². The first-order valence-corrected chi connectivity index (χ1v) is 12.3. The van der Waals surface area contributed by atoms with Crippen LogP contribution in [0, 0.1) is 5.82 Å². The summed E-state index contributed by atoms with van der Waals surface area (Å²) in [6.45, 7) is 2.50. The predicted molar refractivity (Wildman–Crippen MR) is 139 cm³/mol. The first-order chi connectivity index (χ1) is 16.5. The lowest BCUT2D eigenvalue weighted by atomic mass is 10.1. The van der Waals surface area contributed by atoms with Crippen molar-refractivity contribution in [1.29, 1.82) is 0 Å². The third kappa shape index (κ3) is 5.83. The first kappa shape index (κ1) is 24.8. The predicted octanol–water partition coefficient (Wildman–Crippen LogP) is 7.98. The summed E-state index contributed by atoms with van der Waals surface area (Å²) in [4.78, 5) is 2.34. The number of anilines is 2. The molecule has 1 N–H and O–H groups in total. The lowest BCUT2D eigenvalue weighted by Crippen LogP contribution is -2.29. The van der Waals surface area contributed by atoms with E-state index in [9.17, 15) is 4.39 Å². The SMILES string of the molecule is COc1cc(CNc2ccc(N3CCCCC3)c(Cl)c2)c(Cl)cc1OCc1c(F)cccc1Cl. The Hall–Kier alpha value is -2.34. The maximum Gasteiger partial charge on any atom is 0.163 e. The summed E-state index contributed by atoms with van der Waals surface area (Å²) in [6, 6.07) is 14.0. The molecule has 4 nitrogen and oxygen atoms in total. The van der Waals surface area contributed by atoms with Crippen molar-refractivity contribution in [3.8, 4) is 11.5 Å². The van der Waals surface area contributed by atoms with Crippen LogP contribution >= 0.6 is 34.8 Å². The van der Waals surface area contributed by atoms with Gasteiger partial charge in [0.05, 0.1) is 22.8 Å². The van der Waals surface area contributed by atoms with Crippen LogP contribution in [0.4, 0.5) is 15.8 Å². The summed E-state index contributed by atoms with van der Waals surface area (Å²) < 4.78 is 25.3. The molecule has 0 atom stereocenters. The van der Waals surface area contributed by atoms with Gasteiger partial charge < -0.3 is 19.7 Å².